The Kier molecular flexibility index (Phi) is 4.14. The molecule has 2 rings (SSSR count). The van der Waals surface area contributed by atoms with Crippen LogP contribution in [0.3, 0.4) is 0 Å². The van der Waals surface area contributed by atoms with E-state index < -0.39 is 5.82 Å². The van der Waals surface area contributed by atoms with Crippen LogP contribution in [-0.2, 0) is 0 Å². The third kappa shape index (κ3) is 2.85. The van der Waals surface area contributed by atoms with Crippen molar-refractivity contribution in [3.63, 3.8) is 0 Å². The van der Waals surface area contributed by atoms with Crippen molar-refractivity contribution in [2.75, 3.05) is 13.1 Å². The third-order valence-corrected chi connectivity index (χ3v) is 2.88. The van der Waals surface area contributed by atoms with E-state index in [0.717, 1.165) is 11.4 Å². The van der Waals surface area contributed by atoms with Gasteiger partial charge in [-0.25, -0.2) is 9.07 Å². The summed E-state index contributed by atoms with van der Waals surface area (Å²) in [7, 11) is 0. The van der Waals surface area contributed by atoms with E-state index in [0.29, 0.717) is 18.8 Å². The molecule has 0 bridgehead atoms. The van der Waals surface area contributed by atoms with Crippen molar-refractivity contribution < 1.29 is 9.18 Å². The Labute approximate surface area is 116 Å². The molecule has 1 aromatic carbocycles. The average Bonchev–Trinajstić information content (AvgIpc) is 2.74. The van der Waals surface area contributed by atoms with Crippen LogP contribution in [0.4, 0.5) is 4.39 Å². The second-order valence-electron chi connectivity index (χ2n) is 4.55. The lowest BCUT2D eigenvalue weighted by atomic mass is 10.2. The molecule has 0 aliphatic carbocycles. The number of carbonyl (C=O) groups is 1. The molecular formula is C14H17FN4O. The second-order valence-corrected chi connectivity index (χ2v) is 4.55. The number of aromatic nitrogens is 2. The average molecular weight is 276 g/mol. The molecule has 20 heavy (non-hydrogen) atoms. The maximum atomic E-state index is 14.1. The van der Waals surface area contributed by atoms with Crippen molar-refractivity contribution in [3.05, 3.63) is 47.0 Å². The van der Waals surface area contributed by atoms with E-state index in [1.165, 1.54) is 10.7 Å². The highest BCUT2D eigenvalue weighted by Crippen LogP contribution is 2.17. The molecule has 1 amide bonds. The number of aryl methyl sites for hydroxylation is 2. The Morgan fingerprint density at radius 1 is 1.40 bits per heavy atom. The summed E-state index contributed by atoms with van der Waals surface area (Å²) in [6, 6.07) is 6.19. The van der Waals surface area contributed by atoms with Gasteiger partial charge in [-0.2, -0.15) is 5.10 Å². The number of nitrogens with two attached hydrogens (primary N) is 1. The first-order chi connectivity index (χ1) is 9.52. The van der Waals surface area contributed by atoms with Crippen molar-refractivity contribution in [3.8, 4) is 5.69 Å². The van der Waals surface area contributed by atoms with Crippen molar-refractivity contribution in [1.29, 1.82) is 0 Å². The number of hydrogen-bond acceptors (Lipinski definition) is 3. The molecule has 1 aromatic heterocycles. The van der Waals surface area contributed by atoms with Crippen LogP contribution in [0, 0.1) is 19.7 Å². The highest BCUT2D eigenvalue weighted by Gasteiger charge is 2.12. The summed E-state index contributed by atoms with van der Waals surface area (Å²) in [6.07, 6.45) is 0. The van der Waals surface area contributed by atoms with Gasteiger partial charge in [0.25, 0.3) is 5.91 Å². The molecule has 6 heteroatoms. The summed E-state index contributed by atoms with van der Waals surface area (Å²) in [4.78, 5) is 11.7. The first-order valence-corrected chi connectivity index (χ1v) is 6.34. The quantitative estimate of drug-likeness (QED) is 0.884. The number of nitrogens with one attached hydrogen (secondary N) is 1. The Balaban J connectivity index is 2.31. The van der Waals surface area contributed by atoms with Gasteiger partial charge < -0.3 is 11.1 Å². The summed E-state index contributed by atoms with van der Waals surface area (Å²) in [6.45, 7) is 4.40. The molecule has 3 N–H and O–H groups in total. The van der Waals surface area contributed by atoms with Gasteiger partial charge >= 0.3 is 0 Å². The molecule has 0 aliphatic heterocycles. The molecule has 0 unspecified atom stereocenters. The largest absolute Gasteiger partial charge is 0.351 e. The van der Waals surface area contributed by atoms with Gasteiger partial charge in [-0.05, 0) is 38.1 Å². The summed E-state index contributed by atoms with van der Waals surface area (Å²) in [5.41, 5.74) is 7.54. The zero-order valence-corrected chi connectivity index (χ0v) is 11.5. The maximum Gasteiger partial charge on any atom is 0.251 e. The van der Waals surface area contributed by atoms with Gasteiger partial charge in [0, 0.05) is 24.3 Å². The van der Waals surface area contributed by atoms with Gasteiger partial charge in [-0.3, -0.25) is 4.79 Å². The van der Waals surface area contributed by atoms with Gasteiger partial charge in [0.15, 0.2) is 0 Å². The number of carbonyl (C=O) groups excluding carboxylic acids is 1. The molecule has 0 saturated carbocycles. The Morgan fingerprint density at radius 2 is 2.15 bits per heavy atom. The molecule has 0 atom stereocenters. The predicted octanol–water partition coefficient (Wildman–Crippen LogP) is 1.32. The van der Waals surface area contributed by atoms with Gasteiger partial charge in [0.05, 0.1) is 5.69 Å². The summed E-state index contributed by atoms with van der Waals surface area (Å²) < 4.78 is 15.7. The standard InChI is InChI=1S/C14H17FN4O/c1-9-7-10(2)19(18-9)13-4-3-11(8-12(13)15)14(20)17-6-5-16/h3-4,7-8H,5-6,16H2,1-2H3,(H,17,20). The number of amides is 1. The normalized spacial score (nSPS) is 10.6. The zero-order valence-electron chi connectivity index (χ0n) is 11.5. The molecule has 106 valence electrons. The Hall–Kier alpha value is -2.21. The SMILES string of the molecule is Cc1cc(C)n(-c2ccc(C(=O)NCCN)cc2F)n1. The Bertz CT molecular complexity index is 636. The van der Waals surface area contributed by atoms with Crippen molar-refractivity contribution >= 4 is 5.91 Å². The van der Waals surface area contributed by atoms with Gasteiger partial charge in [0.2, 0.25) is 0 Å². The van der Waals surface area contributed by atoms with Crippen LogP contribution in [0.1, 0.15) is 21.7 Å². The van der Waals surface area contributed by atoms with Crippen LogP contribution in [0.25, 0.3) is 5.69 Å². The second kappa shape index (κ2) is 5.83. The Morgan fingerprint density at radius 3 is 2.70 bits per heavy atom. The summed E-state index contributed by atoms with van der Waals surface area (Å²) >= 11 is 0. The van der Waals surface area contributed by atoms with Crippen LogP contribution in [-0.4, -0.2) is 28.8 Å². The minimum atomic E-state index is -0.489. The van der Waals surface area contributed by atoms with E-state index in [4.69, 9.17) is 5.73 Å². The predicted molar refractivity (Wildman–Crippen MR) is 74.4 cm³/mol. The lowest BCUT2D eigenvalue weighted by Gasteiger charge is -2.08. The van der Waals surface area contributed by atoms with Crippen LogP contribution in [0.2, 0.25) is 0 Å². The summed E-state index contributed by atoms with van der Waals surface area (Å²) in [5.74, 6) is -0.828. The highest BCUT2D eigenvalue weighted by atomic mass is 19.1. The van der Waals surface area contributed by atoms with Gasteiger partial charge in [-0.15, -0.1) is 0 Å². The first-order valence-electron chi connectivity index (χ1n) is 6.34. The minimum absolute atomic E-state index is 0.265. The van der Waals surface area contributed by atoms with E-state index >= 15 is 0 Å². The highest BCUT2D eigenvalue weighted by molar-refractivity contribution is 5.94. The zero-order chi connectivity index (χ0) is 14.7. The van der Waals surface area contributed by atoms with Crippen molar-refractivity contribution in [2.24, 2.45) is 5.73 Å². The van der Waals surface area contributed by atoms with Crippen LogP contribution < -0.4 is 11.1 Å². The number of rotatable bonds is 4. The van der Waals surface area contributed by atoms with E-state index in [1.54, 1.807) is 12.1 Å². The number of nitrogens with zero attached hydrogens (tertiary/aromatic N) is 2. The smallest absolute Gasteiger partial charge is 0.251 e. The molecule has 1 heterocycles. The van der Waals surface area contributed by atoms with Crippen LogP contribution >= 0.6 is 0 Å². The van der Waals surface area contributed by atoms with E-state index in [1.807, 2.05) is 19.9 Å². The van der Waals surface area contributed by atoms with Crippen molar-refractivity contribution in [2.45, 2.75) is 13.8 Å². The maximum absolute atomic E-state index is 14.1. The number of benzene rings is 1. The van der Waals surface area contributed by atoms with E-state index in [-0.39, 0.29) is 11.5 Å². The topological polar surface area (TPSA) is 72.9 Å². The third-order valence-electron chi connectivity index (χ3n) is 2.88. The van der Waals surface area contributed by atoms with Crippen LogP contribution in [0.5, 0.6) is 0 Å². The lowest BCUT2D eigenvalue weighted by molar-refractivity contribution is 0.0954. The minimum Gasteiger partial charge on any atom is -0.351 e. The van der Waals surface area contributed by atoms with Crippen molar-refractivity contribution in [1.82, 2.24) is 15.1 Å². The molecule has 5 nitrogen and oxygen atoms in total. The van der Waals surface area contributed by atoms with Crippen LogP contribution in [0.15, 0.2) is 24.3 Å². The van der Waals surface area contributed by atoms with Gasteiger partial charge in [-0.1, -0.05) is 0 Å². The summed E-state index contributed by atoms with van der Waals surface area (Å²) in [5, 5.41) is 6.82. The molecule has 0 radical (unpaired) electrons. The van der Waals surface area contributed by atoms with Gasteiger partial charge in [0.1, 0.15) is 11.5 Å². The fourth-order valence-electron chi connectivity index (χ4n) is 1.98. The molecule has 0 spiro atoms. The molecule has 0 fully saturated rings. The molecule has 0 saturated heterocycles. The first kappa shape index (κ1) is 14.2. The fraction of sp³-hybridized carbons (Fsp3) is 0.286. The molecular weight excluding hydrogens is 259 g/mol. The van der Waals surface area contributed by atoms with E-state index in [9.17, 15) is 9.18 Å². The molecule has 2 aromatic rings. The number of hydrogen-bond donors (Lipinski definition) is 2. The fourth-order valence-corrected chi connectivity index (χ4v) is 1.98. The monoisotopic (exact) mass is 276 g/mol. The number of halogens is 1. The van der Waals surface area contributed by atoms with E-state index in [2.05, 4.69) is 10.4 Å². The lowest BCUT2D eigenvalue weighted by Crippen LogP contribution is -2.29. The molecule has 0 aliphatic rings.